The van der Waals surface area contributed by atoms with Gasteiger partial charge in [0, 0.05) is 12.6 Å². The van der Waals surface area contributed by atoms with Crippen molar-refractivity contribution >= 4 is 0 Å². The number of aromatic amines is 1. The molecule has 1 rings (SSSR count). The Morgan fingerprint density at radius 3 is 2.73 bits per heavy atom. The Bertz CT molecular complexity index is 448. The van der Waals surface area contributed by atoms with Gasteiger partial charge in [-0.05, 0) is 11.1 Å². The molecule has 15 heavy (non-hydrogen) atoms. The third-order valence-corrected chi connectivity index (χ3v) is 1.97. The molecule has 1 aromatic rings. The first-order valence-corrected chi connectivity index (χ1v) is 4.20. The van der Waals surface area contributed by atoms with Crippen LogP contribution in [-0.2, 0) is 13.0 Å². The van der Waals surface area contributed by atoms with Gasteiger partial charge in [-0.2, -0.15) is 5.26 Å². The summed E-state index contributed by atoms with van der Waals surface area (Å²) in [6.45, 7) is -0.0410. The topological polar surface area (TPSA) is 82.7 Å². The molecule has 0 bridgehead atoms. The molecule has 0 aliphatic rings. The fourth-order valence-electron chi connectivity index (χ4n) is 1.32. The summed E-state index contributed by atoms with van der Waals surface area (Å²) in [5.74, 6) is 0. The molecule has 0 fully saturated rings. The van der Waals surface area contributed by atoms with Gasteiger partial charge in [-0.1, -0.05) is 0 Å². The molecule has 4 nitrogen and oxygen atoms in total. The Labute approximate surface area is 84.3 Å². The molecule has 0 amide bonds. The summed E-state index contributed by atoms with van der Waals surface area (Å²) in [5, 5.41) is 8.49. The highest BCUT2D eigenvalue weighted by Gasteiger charge is 2.17. The zero-order valence-corrected chi connectivity index (χ0v) is 7.76. The smallest absolute Gasteiger partial charge is 0.278 e. The van der Waals surface area contributed by atoms with Gasteiger partial charge in [0.2, 0.25) is 5.56 Å². The zero-order chi connectivity index (χ0) is 11.4. The molecule has 0 saturated carbocycles. The molecule has 0 atom stereocenters. The summed E-state index contributed by atoms with van der Waals surface area (Å²) >= 11 is 0. The lowest BCUT2D eigenvalue weighted by Gasteiger charge is -2.09. The summed E-state index contributed by atoms with van der Waals surface area (Å²) < 4.78 is 25.1. The van der Waals surface area contributed by atoms with E-state index in [1.807, 2.05) is 4.98 Å². The summed E-state index contributed by atoms with van der Waals surface area (Å²) in [7, 11) is 0. The number of alkyl halides is 2. The minimum atomic E-state index is -2.81. The van der Waals surface area contributed by atoms with Crippen LogP contribution in [0.5, 0.6) is 0 Å². The minimum absolute atomic E-state index is 0.0410. The van der Waals surface area contributed by atoms with Crippen molar-refractivity contribution in [2.24, 2.45) is 5.73 Å². The summed E-state index contributed by atoms with van der Waals surface area (Å²) in [6, 6.07) is 2.90. The Hall–Kier alpha value is -1.74. The fourth-order valence-corrected chi connectivity index (χ4v) is 1.32. The van der Waals surface area contributed by atoms with Crippen LogP contribution in [0.1, 0.15) is 23.2 Å². The van der Waals surface area contributed by atoms with Crippen LogP contribution in [0.3, 0.4) is 0 Å². The molecular formula is C9H9F2N3O. The maximum Gasteiger partial charge on any atom is 0.278 e. The van der Waals surface area contributed by atoms with Crippen molar-refractivity contribution in [3.63, 3.8) is 0 Å². The van der Waals surface area contributed by atoms with Crippen LogP contribution in [0.15, 0.2) is 10.9 Å². The minimum Gasteiger partial charge on any atom is -0.326 e. The zero-order valence-electron chi connectivity index (χ0n) is 7.76. The van der Waals surface area contributed by atoms with Crippen LogP contribution < -0.4 is 11.3 Å². The van der Waals surface area contributed by atoms with E-state index < -0.39 is 17.7 Å². The number of hydrogen-bond donors (Lipinski definition) is 2. The van der Waals surface area contributed by atoms with Gasteiger partial charge in [-0.3, -0.25) is 4.79 Å². The van der Waals surface area contributed by atoms with Gasteiger partial charge in [-0.15, -0.1) is 0 Å². The van der Waals surface area contributed by atoms with Crippen molar-refractivity contribution in [3.8, 4) is 6.07 Å². The first-order chi connectivity index (χ1) is 7.10. The number of nitrogens with two attached hydrogens (primary N) is 1. The summed E-state index contributed by atoms with van der Waals surface area (Å²) in [6.07, 6.45) is -3.00. The molecule has 0 radical (unpaired) electrons. The lowest BCUT2D eigenvalue weighted by Crippen LogP contribution is -2.16. The van der Waals surface area contributed by atoms with E-state index in [1.54, 1.807) is 6.07 Å². The van der Waals surface area contributed by atoms with E-state index in [2.05, 4.69) is 0 Å². The average molecular weight is 213 g/mol. The van der Waals surface area contributed by atoms with Gasteiger partial charge in [0.1, 0.15) is 0 Å². The van der Waals surface area contributed by atoms with Crippen LogP contribution in [0.25, 0.3) is 0 Å². The quantitative estimate of drug-likeness (QED) is 0.780. The first kappa shape index (κ1) is 11.3. The number of nitriles is 1. The van der Waals surface area contributed by atoms with Gasteiger partial charge >= 0.3 is 0 Å². The van der Waals surface area contributed by atoms with Gasteiger partial charge in [0.25, 0.3) is 6.43 Å². The Kier molecular flexibility index (Phi) is 3.52. The third-order valence-electron chi connectivity index (χ3n) is 1.97. The van der Waals surface area contributed by atoms with Crippen LogP contribution >= 0.6 is 0 Å². The maximum atomic E-state index is 12.5. The largest absolute Gasteiger partial charge is 0.326 e. The van der Waals surface area contributed by atoms with Crippen LogP contribution in [-0.4, -0.2) is 4.98 Å². The molecule has 0 aromatic carbocycles. The van der Waals surface area contributed by atoms with Crippen molar-refractivity contribution in [2.75, 3.05) is 0 Å². The van der Waals surface area contributed by atoms with Crippen LogP contribution in [0, 0.1) is 11.3 Å². The van der Waals surface area contributed by atoms with Crippen molar-refractivity contribution in [3.05, 3.63) is 33.2 Å². The normalized spacial score (nSPS) is 10.3. The van der Waals surface area contributed by atoms with E-state index >= 15 is 0 Å². The second kappa shape index (κ2) is 4.66. The van der Waals surface area contributed by atoms with E-state index in [1.165, 1.54) is 0 Å². The van der Waals surface area contributed by atoms with Gasteiger partial charge in [-0.25, -0.2) is 8.78 Å². The van der Waals surface area contributed by atoms with E-state index in [9.17, 15) is 13.6 Å². The van der Waals surface area contributed by atoms with Crippen LogP contribution in [0.2, 0.25) is 0 Å². The number of aromatic nitrogens is 1. The van der Waals surface area contributed by atoms with E-state index in [0.717, 1.165) is 6.07 Å². The fraction of sp³-hybridized carbons (Fsp3) is 0.333. The number of hydrogen-bond acceptors (Lipinski definition) is 3. The number of halogens is 2. The highest BCUT2D eigenvalue weighted by Crippen LogP contribution is 2.22. The maximum absolute atomic E-state index is 12.5. The van der Waals surface area contributed by atoms with E-state index in [0.29, 0.717) is 0 Å². The number of pyridine rings is 1. The number of rotatable bonds is 3. The Morgan fingerprint density at radius 1 is 1.60 bits per heavy atom. The predicted octanol–water partition coefficient (Wildman–Crippen LogP) is 0.837. The summed E-state index contributed by atoms with van der Waals surface area (Å²) in [5.41, 5.74) is 4.58. The van der Waals surface area contributed by atoms with Crippen molar-refractivity contribution in [1.82, 2.24) is 4.98 Å². The van der Waals surface area contributed by atoms with Crippen molar-refractivity contribution in [1.29, 1.82) is 5.26 Å². The van der Waals surface area contributed by atoms with E-state index in [-0.39, 0.29) is 24.1 Å². The molecule has 6 heteroatoms. The van der Waals surface area contributed by atoms with Crippen LogP contribution in [0.4, 0.5) is 8.78 Å². The Balaban J connectivity index is 3.41. The monoisotopic (exact) mass is 213 g/mol. The van der Waals surface area contributed by atoms with Gasteiger partial charge in [0.05, 0.1) is 18.2 Å². The molecule has 1 heterocycles. The third kappa shape index (κ3) is 2.39. The SMILES string of the molecule is N#CCc1c(CN)cc(=O)[nH]c1C(F)F. The van der Waals surface area contributed by atoms with E-state index in [4.69, 9.17) is 11.0 Å². The molecule has 1 aromatic heterocycles. The standard InChI is InChI=1S/C9H9F2N3O/c10-9(11)8-6(1-2-12)5(4-13)3-7(15)14-8/h3,9H,1,4,13H2,(H,14,15). The van der Waals surface area contributed by atoms with Crippen molar-refractivity contribution in [2.45, 2.75) is 19.4 Å². The van der Waals surface area contributed by atoms with Gasteiger partial charge in [0.15, 0.2) is 0 Å². The lowest BCUT2D eigenvalue weighted by molar-refractivity contribution is 0.144. The highest BCUT2D eigenvalue weighted by atomic mass is 19.3. The molecule has 0 aliphatic heterocycles. The molecule has 3 N–H and O–H groups in total. The highest BCUT2D eigenvalue weighted by molar-refractivity contribution is 5.33. The lowest BCUT2D eigenvalue weighted by atomic mass is 10.0. The number of nitrogens with one attached hydrogen (secondary N) is 1. The Morgan fingerprint density at radius 2 is 2.27 bits per heavy atom. The second-order valence-corrected chi connectivity index (χ2v) is 2.89. The summed E-state index contributed by atoms with van der Waals surface area (Å²) in [4.78, 5) is 13.0. The number of H-pyrrole nitrogens is 1. The van der Waals surface area contributed by atoms with Gasteiger partial charge < -0.3 is 10.7 Å². The predicted molar refractivity (Wildman–Crippen MR) is 49.2 cm³/mol. The molecular weight excluding hydrogens is 204 g/mol. The molecule has 0 unspecified atom stereocenters. The average Bonchev–Trinajstić information content (AvgIpc) is 2.19. The first-order valence-electron chi connectivity index (χ1n) is 4.20. The molecule has 0 spiro atoms. The molecule has 0 saturated heterocycles. The molecule has 0 aliphatic carbocycles. The second-order valence-electron chi connectivity index (χ2n) is 2.89. The molecule has 80 valence electrons. The van der Waals surface area contributed by atoms with Crippen molar-refractivity contribution < 1.29 is 8.78 Å². The number of nitrogens with zero attached hydrogens (tertiary/aromatic N) is 1.